The Labute approximate surface area is 209 Å². The summed E-state index contributed by atoms with van der Waals surface area (Å²) in [5.74, 6) is -1.07. The highest BCUT2D eigenvalue weighted by molar-refractivity contribution is 5.97. The molecule has 1 unspecified atom stereocenters. The minimum Gasteiger partial charge on any atom is -0.489 e. The molecule has 11 nitrogen and oxygen atoms in total. The average Bonchev–Trinajstić information content (AvgIpc) is 3.15. The van der Waals surface area contributed by atoms with Crippen molar-refractivity contribution >= 4 is 17.9 Å². The van der Waals surface area contributed by atoms with Gasteiger partial charge in [0.25, 0.3) is 5.91 Å². The van der Waals surface area contributed by atoms with Crippen LogP contribution in [0.2, 0.25) is 0 Å². The SMILES string of the molecule is CCCC[C@@](NC(=O)O)(C(=O)NO)N1CCC(N)(c2ccc(OCc3cc(C)nc(C)c3)cc2)C1=O. The second-order valence-electron chi connectivity index (χ2n) is 9.08. The van der Waals surface area contributed by atoms with Crippen LogP contribution in [-0.4, -0.2) is 50.3 Å². The van der Waals surface area contributed by atoms with Gasteiger partial charge in [-0.25, -0.2) is 10.3 Å². The van der Waals surface area contributed by atoms with E-state index in [4.69, 9.17) is 10.5 Å². The summed E-state index contributed by atoms with van der Waals surface area (Å²) in [5, 5.41) is 20.9. The molecule has 1 saturated heterocycles. The Balaban J connectivity index is 1.82. The van der Waals surface area contributed by atoms with Gasteiger partial charge in [-0.05, 0) is 68.5 Å². The minimum atomic E-state index is -1.99. The number of aryl methyl sites for hydroxylation is 2. The number of amides is 3. The van der Waals surface area contributed by atoms with Gasteiger partial charge in [0.2, 0.25) is 11.6 Å². The van der Waals surface area contributed by atoms with Gasteiger partial charge in [0.15, 0.2) is 0 Å². The molecule has 2 atom stereocenters. The molecule has 0 saturated carbocycles. The van der Waals surface area contributed by atoms with Gasteiger partial charge in [-0.1, -0.05) is 25.5 Å². The third kappa shape index (κ3) is 5.42. The third-order valence-electron chi connectivity index (χ3n) is 6.42. The van der Waals surface area contributed by atoms with E-state index in [1.807, 2.05) is 32.9 Å². The summed E-state index contributed by atoms with van der Waals surface area (Å²) in [6, 6.07) is 10.7. The van der Waals surface area contributed by atoms with Gasteiger partial charge in [-0.2, -0.15) is 0 Å². The predicted molar refractivity (Wildman–Crippen MR) is 130 cm³/mol. The van der Waals surface area contributed by atoms with E-state index in [-0.39, 0.29) is 19.4 Å². The number of rotatable bonds is 10. The summed E-state index contributed by atoms with van der Waals surface area (Å²) < 4.78 is 5.87. The van der Waals surface area contributed by atoms with Crippen LogP contribution in [-0.2, 0) is 21.7 Å². The molecule has 194 valence electrons. The van der Waals surface area contributed by atoms with Crippen molar-refractivity contribution in [3.63, 3.8) is 0 Å². The molecule has 2 aromatic rings. The average molecular weight is 500 g/mol. The number of unbranched alkanes of at least 4 members (excludes halogenated alkanes) is 1. The van der Waals surface area contributed by atoms with E-state index in [1.54, 1.807) is 24.3 Å². The number of hydrogen-bond acceptors (Lipinski definition) is 7. The Kier molecular flexibility index (Phi) is 8.16. The Morgan fingerprint density at radius 1 is 1.22 bits per heavy atom. The van der Waals surface area contributed by atoms with Crippen molar-refractivity contribution in [2.75, 3.05) is 6.54 Å². The van der Waals surface area contributed by atoms with E-state index in [0.717, 1.165) is 21.9 Å². The Morgan fingerprint density at radius 2 is 1.86 bits per heavy atom. The number of pyridine rings is 1. The number of nitrogens with zero attached hydrogens (tertiary/aromatic N) is 2. The standard InChI is InChI=1S/C25H33N5O6/c1-4-5-10-25(21(31)29-35,28-23(33)34)30-12-11-24(26,22(30)32)19-6-8-20(9-7-19)36-15-18-13-16(2)27-17(3)14-18/h6-9,13-14,28,35H,4-5,10-12,15,26H2,1-3H3,(H,29,31)(H,33,34)/t24?,25-/m0/s1. The maximum absolute atomic E-state index is 13.6. The first-order valence-corrected chi connectivity index (χ1v) is 11.8. The number of nitrogens with one attached hydrogen (secondary N) is 2. The third-order valence-corrected chi connectivity index (χ3v) is 6.42. The minimum absolute atomic E-state index is 0.0196. The molecule has 1 aromatic heterocycles. The van der Waals surface area contributed by atoms with E-state index in [2.05, 4.69) is 10.3 Å². The molecule has 11 heteroatoms. The monoisotopic (exact) mass is 499 g/mol. The summed E-state index contributed by atoms with van der Waals surface area (Å²) in [5.41, 5.74) is 7.88. The van der Waals surface area contributed by atoms with Crippen LogP contribution in [0, 0.1) is 13.8 Å². The molecule has 1 fully saturated rings. The van der Waals surface area contributed by atoms with Crippen molar-refractivity contribution in [1.29, 1.82) is 0 Å². The van der Waals surface area contributed by atoms with Crippen LogP contribution in [0.25, 0.3) is 0 Å². The number of hydroxylamine groups is 1. The number of likely N-dealkylation sites (tertiary alicyclic amines) is 1. The molecule has 1 aliphatic rings. The number of carbonyl (C=O) groups is 3. The Bertz CT molecular complexity index is 1100. The second-order valence-corrected chi connectivity index (χ2v) is 9.08. The van der Waals surface area contributed by atoms with Crippen molar-refractivity contribution in [3.05, 3.63) is 58.9 Å². The summed E-state index contributed by atoms with van der Waals surface area (Å²) in [4.78, 5) is 43.3. The first-order chi connectivity index (χ1) is 17.1. The van der Waals surface area contributed by atoms with Crippen molar-refractivity contribution in [1.82, 2.24) is 20.7 Å². The van der Waals surface area contributed by atoms with E-state index in [1.165, 1.54) is 5.48 Å². The number of nitrogens with two attached hydrogens (primary N) is 1. The van der Waals surface area contributed by atoms with Gasteiger partial charge in [-0.3, -0.25) is 25.1 Å². The molecule has 0 aliphatic carbocycles. The van der Waals surface area contributed by atoms with Crippen molar-refractivity contribution in [3.8, 4) is 5.75 Å². The predicted octanol–water partition coefficient (Wildman–Crippen LogP) is 2.32. The molecule has 1 aromatic carbocycles. The fraction of sp³-hybridized carbons (Fsp3) is 0.440. The van der Waals surface area contributed by atoms with Crippen molar-refractivity contribution in [2.24, 2.45) is 5.73 Å². The number of carbonyl (C=O) groups excluding carboxylic acids is 2. The van der Waals surface area contributed by atoms with Gasteiger partial charge >= 0.3 is 6.09 Å². The van der Waals surface area contributed by atoms with Gasteiger partial charge in [0, 0.05) is 17.9 Å². The number of hydrogen-bond donors (Lipinski definition) is 5. The lowest BCUT2D eigenvalue weighted by Gasteiger charge is -2.40. The Morgan fingerprint density at radius 3 is 2.42 bits per heavy atom. The van der Waals surface area contributed by atoms with Crippen LogP contribution in [0.15, 0.2) is 36.4 Å². The number of carboxylic acid groups (broad SMARTS) is 1. The quantitative estimate of drug-likeness (QED) is 0.245. The summed E-state index contributed by atoms with van der Waals surface area (Å²) >= 11 is 0. The summed E-state index contributed by atoms with van der Waals surface area (Å²) in [7, 11) is 0. The van der Waals surface area contributed by atoms with Gasteiger partial charge < -0.3 is 20.5 Å². The molecule has 3 rings (SSSR count). The molecule has 0 radical (unpaired) electrons. The van der Waals surface area contributed by atoms with Gasteiger partial charge in [-0.15, -0.1) is 0 Å². The molecule has 0 spiro atoms. The highest BCUT2D eigenvalue weighted by Crippen LogP contribution is 2.37. The lowest BCUT2D eigenvalue weighted by molar-refractivity contribution is -0.154. The van der Waals surface area contributed by atoms with Crippen molar-refractivity contribution in [2.45, 2.75) is 64.3 Å². The fourth-order valence-corrected chi connectivity index (χ4v) is 4.65. The van der Waals surface area contributed by atoms with Gasteiger partial charge in [0.1, 0.15) is 17.9 Å². The van der Waals surface area contributed by atoms with Crippen LogP contribution in [0.4, 0.5) is 4.79 Å². The topological polar surface area (TPSA) is 167 Å². The van der Waals surface area contributed by atoms with Crippen LogP contribution in [0.1, 0.15) is 55.1 Å². The normalized spacial score (nSPS) is 19.0. The zero-order valence-corrected chi connectivity index (χ0v) is 20.7. The number of benzene rings is 1. The van der Waals surface area contributed by atoms with Crippen LogP contribution in [0.3, 0.4) is 0 Å². The maximum atomic E-state index is 13.6. The van der Waals surface area contributed by atoms with Crippen LogP contribution in [0.5, 0.6) is 5.75 Å². The first kappa shape index (κ1) is 26.9. The van der Waals surface area contributed by atoms with E-state index < -0.39 is 29.1 Å². The molecule has 36 heavy (non-hydrogen) atoms. The highest BCUT2D eigenvalue weighted by atomic mass is 16.5. The summed E-state index contributed by atoms with van der Waals surface area (Å²) in [6.45, 7) is 6.07. The van der Waals surface area contributed by atoms with Crippen molar-refractivity contribution < 1.29 is 29.4 Å². The molecule has 3 amide bonds. The summed E-state index contributed by atoms with van der Waals surface area (Å²) in [6.07, 6.45) is -0.312. The van der Waals surface area contributed by atoms with E-state index >= 15 is 0 Å². The molecule has 2 heterocycles. The van der Waals surface area contributed by atoms with Crippen LogP contribution >= 0.6 is 0 Å². The molecule has 6 N–H and O–H groups in total. The first-order valence-electron chi connectivity index (χ1n) is 11.8. The zero-order valence-electron chi connectivity index (χ0n) is 20.7. The number of ether oxygens (including phenoxy) is 1. The van der Waals surface area contributed by atoms with E-state index in [0.29, 0.717) is 30.8 Å². The number of aromatic nitrogens is 1. The lowest BCUT2D eigenvalue weighted by atomic mass is 9.89. The largest absolute Gasteiger partial charge is 0.489 e. The molecular weight excluding hydrogens is 466 g/mol. The molecular formula is C25H33N5O6. The molecule has 1 aliphatic heterocycles. The fourth-order valence-electron chi connectivity index (χ4n) is 4.65. The zero-order chi connectivity index (χ0) is 26.5. The second kappa shape index (κ2) is 10.9. The Hall–Kier alpha value is -3.70. The lowest BCUT2D eigenvalue weighted by Crippen LogP contribution is -2.69. The maximum Gasteiger partial charge on any atom is 0.406 e. The van der Waals surface area contributed by atoms with Gasteiger partial charge in [0.05, 0.1) is 0 Å². The van der Waals surface area contributed by atoms with E-state index in [9.17, 15) is 24.7 Å². The van der Waals surface area contributed by atoms with Crippen LogP contribution < -0.4 is 21.3 Å². The smallest absolute Gasteiger partial charge is 0.406 e. The highest BCUT2D eigenvalue weighted by Gasteiger charge is 2.56. The molecule has 0 bridgehead atoms.